The van der Waals surface area contributed by atoms with E-state index in [1.165, 1.54) is 0 Å². The molecule has 19 heavy (non-hydrogen) atoms. The first-order chi connectivity index (χ1) is 9.05. The molecule has 1 aliphatic rings. The summed E-state index contributed by atoms with van der Waals surface area (Å²) in [6.07, 6.45) is 3.22. The number of hydrazone groups is 1. The lowest BCUT2D eigenvalue weighted by molar-refractivity contribution is 0.322. The first-order valence-electron chi connectivity index (χ1n) is 5.68. The Kier molecular flexibility index (Phi) is 2.94. The second kappa shape index (κ2) is 4.50. The molecule has 1 atom stereocenters. The van der Waals surface area contributed by atoms with Gasteiger partial charge in [0.2, 0.25) is 10.0 Å². The van der Waals surface area contributed by atoms with Crippen LogP contribution in [-0.4, -0.2) is 24.8 Å². The van der Waals surface area contributed by atoms with Crippen LogP contribution in [-0.2, 0) is 10.0 Å². The quantitative estimate of drug-likeness (QED) is 0.874. The minimum absolute atomic E-state index is 0.389. The fourth-order valence-electron chi connectivity index (χ4n) is 2.09. The molecule has 7 heteroatoms. The van der Waals surface area contributed by atoms with Crippen molar-refractivity contribution in [1.82, 2.24) is 4.41 Å². The van der Waals surface area contributed by atoms with E-state index >= 15 is 0 Å². The number of hydrogen-bond acceptors (Lipinski definition) is 5. The predicted molar refractivity (Wildman–Crippen MR) is 73.6 cm³/mol. The smallest absolute Gasteiger partial charge is 0.247 e. The van der Waals surface area contributed by atoms with E-state index in [1.807, 2.05) is 16.8 Å². The molecule has 0 bridgehead atoms. The monoisotopic (exact) mass is 296 g/mol. The topological polar surface area (TPSA) is 62.9 Å². The number of rotatable bonds is 3. The summed E-state index contributed by atoms with van der Waals surface area (Å²) in [6, 6.07) is 5.07. The second-order valence-electron chi connectivity index (χ2n) is 4.33. The van der Waals surface area contributed by atoms with Gasteiger partial charge in [-0.1, -0.05) is 0 Å². The maximum absolute atomic E-state index is 11.8. The third-order valence-electron chi connectivity index (χ3n) is 2.94. The number of sulfonamides is 1. The minimum Gasteiger partial charge on any atom is -0.467 e. The summed E-state index contributed by atoms with van der Waals surface area (Å²) >= 11 is 1.56. The molecule has 2 aromatic heterocycles. The number of thiophene rings is 1. The fourth-order valence-corrected chi connectivity index (χ4v) is 3.64. The van der Waals surface area contributed by atoms with Crippen LogP contribution in [0.4, 0.5) is 0 Å². The SMILES string of the molecule is CS(=O)(=O)N1N=C(c2ccsc2)C[C@H]1c1ccco1. The van der Waals surface area contributed by atoms with Gasteiger partial charge >= 0.3 is 0 Å². The normalized spacial score (nSPS) is 19.7. The lowest BCUT2D eigenvalue weighted by Gasteiger charge is -2.18. The Morgan fingerprint density at radius 1 is 1.47 bits per heavy atom. The third kappa shape index (κ3) is 2.31. The zero-order valence-corrected chi connectivity index (χ0v) is 11.8. The van der Waals surface area contributed by atoms with E-state index in [4.69, 9.17) is 4.42 Å². The summed E-state index contributed by atoms with van der Waals surface area (Å²) in [5.41, 5.74) is 1.74. The molecule has 1 aliphatic heterocycles. The Balaban J connectivity index is 2.00. The molecule has 0 spiro atoms. The van der Waals surface area contributed by atoms with Crippen molar-refractivity contribution in [1.29, 1.82) is 0 Å². The van der Waals surface area contributed by atoms with Crippen molar-refractivity contribution in [2.24, 2.45) is 5.10 Å². The summed E-state index contributed by atoms with van der Waals surface area (Å²) in [6.45, 7) is 0. The van der Waals surface area contributed by atoms with Gasteiger partial charge in [-0.3, -0.25) is 0 Å². The molecule has 100 valence electrons. The molecule has 0 unspecified atom stereocenters. The van der Waals surface area contributed by atoms with Gasteiger partial charge < -0.3 is 4.42 Å². The number of hydrogen-bond donors (Lipinski definition) is 0. The van der Waals surface area contributed by atoms with Crippen LogP contribution in [0, 0.1) is 0 Å². The molecule has 2 aromatic rings. The molecule has 0 N–H and O–H groups in total. The van der Waals surface area contributed by atoms with Crippen LogP contribution >= 0.6 is 11.3 Å². The van der Waals surface area contributed by atoms with Crippen LogP contribution in [0.25, 0.3) is 0 Å². The maximum Gasteiger partial charge on any atom is 0.247 e. The maximum atomic E-state index is 11.8. The van der Waals surface area contributed by atoms with Gasteiger partial charge in [-0.15, -0.1) is 0 Å². The van der Waals surface area contributed by atoms with E-state index in [0.717, 1.165) is 21.9 Å². The molecule has 0 amide bonds. The van der Waals surface area contributed by atoms with Gasteiger partial charge in [-0.2, -0.15) is 20.9 Å². The van der Waals surface area contributed by atoms with Crippen molar-refractivity contribution in [3.05, 3.63) is 46.5 Å². The van der Waals surface area contributed by atoms with E-state index in [2.05, 4.69) is 5.10 Å². The van der Waals surface area contributed by atoms with E-state index < -0.39 is 10.0 Å². The molecule has 3 heterocycles. The Morgan fingerprint density at radius 3 is 2.89 bits per heavy atom. The van der Waals surface area contributed by atoms with Gasteiger partial charge in [0.1, 0.15) is 11.8 Å². The highest BCUT2D eigenvalue weighted by molar-refractivity contribution is 7.88. The Morgan fingerprint density at radius 2 is 2.32 bits per heavy atom. The third-order valence-corrected chi connectivity index (χ3v) is 4.64. The van der Waals surface area contributed by atoms with Crippen molar-refractivity contribution in [2.75, 3.05) is 6.26 Å². The van der Waals surface area contributed by atoms with Gasteiger partial charge in [-0.25, -0.2) is 8.42 Å². The largest absolute Gasteiger partial charge is 0.467 e. The fraction of sp³-hybridized carbons (Fsp3) is 0.250. The molecule has 0 aliphatic carbocycles. The lowest BCUT2D eigenvalue weighted by Crippen LogP contribution is -2.25. The number of furan rings is 1. The van der Waals surface area contributed by atoms with E-state index in [9.17, 15) is 8.42 Å². The van der Waals surface area contributed by atoms with Crippen LogP contribution < -0.4 is 0 Å². The first kappa shape index (κ1) is 12.4. The highest BCUT2D eigenvalue weighted by atomic mass is 32.2. The highest BCUT2D eigenvalue weighted by Gasteiger charge is 2.36. The van der Waals surface area contributed by atoms with Gasteiger partial charge in [0.05, 0.1) is 18.2 Å². The van der Waals surface area contributed by atoms with E-state index in [-0.39, 0.29) is 6.04 Å². The van der Waals surface area contributed by atoms with Crippen LogP contribution in [0.5, 0.6) is 0 Å². The van der Waals surface area contributed by atoms with Gasteiger partial charge in [-0.05, 0) is 29.0 Å². The van der Waals surface area contributed by atoms with E-state index in [1.54, 1.807) is 29.7 Å². The van der Waals surface area contributed by atoms with Gasteiger partial charge in [0.25, 0.3) is 0 Å². The molecular weight excluding hydrogens is 284 g/mol. The Bertz CT molecular complexity index is 687. The summed E-state index contributed by atoms with van der Waals surface area (Å²) in [5, 5.41) is 8.16. The summed E-state index contributed by atoms with van der Waals surface area (Å²) < 4.78 is 30.1. The number of nitrogens with zero attached hydrogens (tertiary/aromatic N) is 2. The van der Waals surface area contributed by atoms with Crippen LogP contribution in [0.1, 0.15) is 23.8 Å². The van der Waals surface area contributed by atoms with Gasteiger partial charge in [0.15, 0.2) is 0 Å². The molecular formula is C12H12N2O3S2. The average Bonchev–Trinajstić information content (AvgIpc) is 3.09. The first-order valence-corrected chi connectivity index (χ1v) is 8.47. The summed E-state index contributed by atoms with van der Waals surface area (Å²) in [5.74, 6) is 0.611. The average molecular weight is 296 g/mol. The summed E-state index contributed by atoms with van der Waals surface area (Å²) in [4.78, 5) is 0. The Labute approximate surface area is 115 Å². The van der Waals surface area contributed by atoms with Crippen molar-refractivity contribution in [3.63, 3.8) is 0 Å². The molecule has 0 radical (unpaired) electrons. The van der Waals surface area contributed by atoms with Crippen molar-refractivity contribution < 1.29 is 12.8 Å². The molecule has 3 rings (SSSR count). The highest BCUT2D eigenvalue weighted by Crippen LogP contribution is 2.34. The Hall–Kier alpha value is -1.60. The van der Waals surface area contributed by atoms with Crippen molar-refractivity contribution in [2.45, 2.75) is 12.5 Å². The van der Waals surface area contributed by atoms with Gasteiger partial charge in [0, 0.05) is 12.0 Å². The molecule has 0 fully saturated rings. The summed E-state index contributed by atoms with van der Waals surface area (Å²) in [7, 11) is -3.41. The van der Waals surface area contributed by atoms with E-state index in [0.29, 0.717) is 12.2 Å². The molecule has 0 saturated carbocycles. The van der Waals surface area contributed by atoms with Crippen LogP contribution in [0.3, 0.4) is 0 Å². The zero-order valence-electron chi connectivity index (χ0n) is 10.2. The predicted octanol–water partition coefficient (Wildman–Crippen LogP) is 2.45. The molecule has 5 nitrogen and oxygen atoms in total. The van der Waals surface area contributed by atoms with Crippen molar-refractivity contribution >= 4 is 27.1 Å². The van der Waals surface area contributed by atoms with Crippen molar-refractivity contribution in [3.8, 4) is 0 Å². The minimum atomic E-state index is -3.41. The zero-order chi connectivity index (χ0) is 13.5. The lowest BCUT2D eigenvalue weighted by atomic mass is 10.1. The van der Waals surface area contributed by atoms with Crippen LogP contribution in [0.15, 0.2) is 44.7 Å². The van der Waals surface area contributed by atoms with Crippen LogP contribution in [0.2, 0.25) is 0 Å². The molecule has 0 saturated heterocycles. The standard InChI is InChI=1S/C12H12N2O3S2/c1-19(15,16)14-11(12-3-2-5-17-12)7-10(13-14)9-4-6-18-8-9/h2-6,8,11H,7H2,1H3/t11-/m0/s1. The molecule has 0 aromatic carbocycles. The second-order valence-corrected chi connectivity index (χ2v) is 6.95.